The Labute approximate surface area is 160 Å². The Balaban J connectivity index is 1.52. The zero-order chi connectivity index (χ0) is 19.0. The van der Waals surface area contributed by atoms with Crippen molar-refractivity contribution in [1.29, 1.82) is 0 Å². The first-order valence-electron chi connectivity index (χ1n) is 8.75. The first-order valence-corrected chi connectivity index (χ1v) is 9.16. The third-order valence-corrected chi connectivity index (χ3v) is 5.39. The smallest absolute Gasteiger partial charge is 0.321 e. The summed E-state index contributed by atoms with van der Waals surface area (Å²) in [4.78, 5) is 4.38. The molecule has 1 aliphatic rings. The van der Waals surface area contributed by atoms with Crippen molar-refractivity contribution in [1.82, 2.24) is 14.0 Å². The first-order chi connectivity index (χ1) is 13.0. The summed E-state index contributed by atoms with van der Waals surface area (Å²) >= 11 is 5.32. The van der Waals surface area contributed by atoms with Gasteiger partial charge in [0.1, 0.15) is 5.82 Å². The highest BCUT2D eigenvalue weighted by molar-refractivity contribution is 7.71. The third kappa shape index (κ3) is 3.46. The number of alkyl halides is 2. The number of benzene rings is 2. The van der Waals surface area contributed by atoms with Crippen molar-refractivity contribution >= 4 is 28.9 Å². The van der Waals surface area contributed by atoms with Gasteiger partial charge < -0.3 is 9.47 Å². The van der Waals surface area contributed by atoms with E-state index in [2.05, 4.69) is 9.80 Å². The van der Waals surface area contributed by atoms with E-state index in [1.54, 1.807) is 28.8 Å². The molecule has 3 aromatic rings. The van der Waals surface area contributed by atoms with E-state index in [4.69, 9.17) is 12.2 Å². The minimum atomic E-state index is -2.67. The Bertz CT molecular complexity index is 988. The van der Waals surface area contributed by atoms with Crippen LogP contribution in [0.25, 0.3) is 11.0 Å². The second kappa shape index (κ2) is 7.36. The van der Waals surface area contributed by atoms with Crippen LogP contribution in [0.1, 0.15) is 6.55 Å². The van der Waals surface area contributed by atoms with Gasteiger partial charge in [-0.1, -0.05) is 12.1 Å². The summed E-state index contributed by atoms with van der Waals surface area (Å²) in [7, 11) is 0. The van der Waals surface area contributed by atoms with Crippen LogP contribution in [0, 0.1) is 10.6 Å². The molecule has 2 heterocycles. The van der Waals surface area contributed by atoms with Gasteiger partial charge in [-0.05, 0) is 48.6 Å². The molecule has 142 valence electrons. The molecule has 1 aliphatic heterocycles. The van der Waals surface area contributed by atoms with E-state index < -0.39 is 6.55 Å². The monoisotopic (exact) mass is 392 g/mol. The van der Waals surface area contributed by atoms with E-state index in [9.17, 15) is 13.2 Å². The average molecular weight is 392 g/mol. The van der Waals surface area contributed by atoms with E-state index in [-0.39, 0.29) is 10.6 Å². The third-order valence-electron chi connectivity index (χ3n) is 4.97. The van der Waals surface area contributed by atoms with Gasteiger partial charge in [-0.25, -0.2) is 4.39 Å². The molecule has 27 heavy (non-hydrogen) atoms. The molecule has 0 radical (unpaired) electrons. The summed E-state index contributed by atoms with van der Waals surface area (Å²) in [6, 6.07) is 13.5. The van der Waals surface area contributed by atoms with Crippen LogP contribution in [0.5, 0.6) is 0 Å². The second-order valence-corrected chi connectivity index (χ2v) is 6.94. The molecule has 2 aromatic carbocycles. The number of hydrogen-bond acceptors (Lipinski definition) is 3. The minimum absolute atomic E-state index is 0.132. The Hall–Kier alpha value is -2.32. The molecule has 0 bridgehead atoms. The Morgan fingerprint density at radius 1 is 0.889 bits per heavy atom. The van der Waals surface area contributed by atoms with Gasteiger partial charge in [-0.15, -0.1) is 0 Å². The number of halogens is 3. The number of para-hydroxylation sites is 2. The number of imidazole rings is 1. The van der Waals surface area contributed by atoms with Gasteiger partial charge in [0.25, 0.3) is 0 Å². The Kier molecular flexibility index (Phi) is 4.92. The number of nitrogens with zero attached hydrogens (tertiary/aromatic N) is 4. The van der Waals surface area contributed by atoms with Crippen molar-refractivity contribution in [3.8, 4) is 0 Å². The lowest BCUT2D eigenvalue weighted by Gasteiger charge is -2.36. The van der Waals surface area contributed by atoms with Gasteiger partial charge in [0.2, 0.25) is 0 Å². The molecule has 4 nitrogen and oxygen atoms in total. The fraction of sp³-hybridized carbons (Fsp3) is 0.316. The largest absolute Gasteiger partial charge is 0.369 e. The molecule has 0 saturated carbocycles. The molecular formula is C19H19F3N4S. The number of anilines is 1. The summed E-state index contributed by atoms with van der Waals surface area (Å²) in [5.74, 6) is -0.248. The fourth-order valence-electron chi connectivity index (χ4n) is 3.56. The predicted octanol–water partition coefficient (Wildman–Crippen LogP) is 4.49. The summed E-state index contributed by atoms with van der Waals surface area (Å²) in [5.41, 5.74) is 2.15. The maximum atomic E-state index is 13.5. The summed E-state index contributed by atoms with van der Waals surface area (Å²) in [5, 5.41) is 0. The first kappa shape index (κ1) is 18.1. The normalized spacial score (nSPS) is 15.8. The number of piperazine rings is 1. The van der Waals surface area contributed by atoms with Crippen LogP contribution in [0.3, 0.4) is 0 Å². The van der Waals surface area contributed by atoms with Crippen molar-refractivity contribution < 1.29 is 13.2 Å². The van der Waals surface area contributed by atoms with Gasteiger partial charge in [0.15, 0.2) is 4.77 Å². The Morgan fingerprint density at radius 2 is 1.52 bits per heavy atom. The van der Waals surface area contributed by atoms with Gasteiger partial charge in [0.05, 0.1) is 17.7 Å². The van der Waals surface area contributed by atoms with Gasteiger partial charge >= 0.3 is 6.55 Å². The maximum Gasteiger partial charge on any atom is 0.321 e. The van der Waals surface area contributed by atoms with Crippen molar-refractivity contribution in [2.75, 3.05) is 31.1 Å². The predicted molar refractivity (Wildman–Crippen MR) is 102 cm³/mol. The zero-order valence-corrected chi connectivity index (χ0v) is 15.4. The van der Waals surface area contributed by atoms with Crippen molar-refractivity contribution in [3.63, 3.8) is 0 Å². The molecule has 0 unspecified atom stereocenters. The minimum Gasteiger partial charge on any atom is -0.369 e. The quantitative estimate of drug-likeness (QED) is 0.609. The van der Waals surface area contributed by atoms with Crippen LogP contribution in [0.2, 0.25) is 0 Å². The average Bonchev–Trinajstić information content (AvgIpc) is 2.95. The van der Waals surface area contributed by atoms with Crippen molar-refractivity contribution in [2.45, 2.75) is 13.2 Å². The molecule has 0 spiro atoms. The van der Waals surface area contributed by atoms with Gasteiger partial charge in [-0.3, -0.25) is 9.47 Å². The molecule has 1 aromatic heterocycles. The summed E-state index contributed by atoms with van der Waals surface area (Å²) in [6.07, 6.45) is 0. The molecule has 4 rings (SSSR count). The number of hydrogen-bond donors (Lipinski definition) is 0. The van der Waals surface area contributed by atoms with E-state index in [1.165, 1.54) is 12.1 Å². The lowest BCUT2D eigenvalue weighted by Crippen LogP contribution is -2.46. The number of fused-ring (bicyclic) bond motifs is 1. The van der Waals surface area contributed by atoms with E-state index in [0.29, 0.717) is 17.7 Å². The van der Waals surface area contributed by atoms with E-state index in [1.807, 2.05) is 12.1 Å². The molecule has 1 saturated heterocycles. The van der Waals surface area contributed by atoms with Crippen LogP contribution in [0.4, 0.5) is 18.9 Å². The van der Waals surface area contributed by atoms with Crippen molar-refractivity contribution in [3.05, 3.63) is 59.1 Å². The van der Waals surface area contributed by atoms with Gasteiger partial charge in [0, 0.05) is 31.9 Å². The highest BCUT2D eigenvalue weighted by Crippen LogP contribution is 2.25. The topological polar surface area (TPSA) is 16.3 Å². The van der Waals surface area contributed by atoms with Crippen LogP contribution in [0.15, 0.2) is 48.5 Å². The molecule has 0 aliphatic carbocycles. The zero-order valence-electron chi connectivity index (χ0n) is 14.6. The highest BCUT2D eigenvalue weighted by Gasteiger charge is 2.21. The molecule has 0 amide bonds. The summed E-state index contributed by atoms with van der Waals surface area (Å²) < 4.78 is 42.8. The second-order valence-electron chi connectivity index (χ2n) is 6.57. The summed E-state index contributed by atoms with van der Waals surface area (Å²) in [6.45, 7) is 0.912. The van der Waals surface area contributed by atoms with Crippen LogP contribution < -0.4 is 4.90 Å². The van der Waals surface area contributed by atoms with Gasteiger partial charge in [-0.2, -0.15) is 8.78 Å². The standard InChI is InChI=1S/C19H19F3N4S/c20-14-5-7-15(8-6-14)24-11-9-23(10-12-24)13-25-16-3-1-2-4-17(16)26(18(21)22)19(25)27/h1-8,18H,9-13H2. The van der Waals surface area contributed by atoms with Crippen LogP contribution in [-0.4, -0.2) is 40.2 Å². The van der Waals surface area contributed by atoms with Crippen LogP contribution in [-0.2, 0) is 6.67 Å². The maximum absolute atomic E-state index is 13.5. The molecular weight excluding hydrogens is 373 g/mol. The van der Waals surface area contributed by atoms with E-state index in [0.717, 1.165) is 36.4 Å². The van der Waals surface area contributed by atoms with Crippen molar-refractivity contribution in [2.24, 2.45) is 0 Å². The Morgan fingerprint density at radius 3 is 2.15 bits per heavy atom. The lowest BCUT2D eigenvalue weighted by atomic mass is 10.2. The molecule has 1 fully saturated rings. The molecule has 8 heteroatoms. The molecule has 0 N–H and O–H groups in total. The molecule has 0 atom stereocenters. The number of aromatic nitrogens is 2. The SMILES string of the molecule is Fc1ccc(N2CCN(Cn3c(=S)n(C(F)F)c4ccccc43)CC2)cc1. The van der Waals surface area contributed by atoms with E-state index >= 15 is 0 Å². The highest BCUT2D eigenvalue weighted by atomic mass is 32.1. The lowest BCUT2D eigenvalue weighted by molar-refractivity contribution is 0.0715. The number of rotatable bonds is 4. The van der Waals surface area contributed by atoms with Crippen LogP contribution >= 0.6 is 12.2 Å². The fourth-order valence-corrected chi connectivity index (χ4v) is 3.89.